The largest absolute Gasteiger partial charge is 0.496 e. The first-order chi connectivity index (χ1) is 9.71. The number of nitrogens with two attached hydrogens (primary N) is 1. The van der Waals surface area contributed by atoms with Gasteiger partial charge in [0.2, 0.25) is 0 Å². The molecule has 1 aromatic carbocycles. The first-order valence-electron chi connectivity index (χ1n) is 7.10. The van der Waals surface area contributed by atoms with E-state index in [9.17, 15) is 0 Å². The Kier molecular flexibility index (Phi) is 3.53. The fourth-order valence-electron chi connectivity index (χ4n) is 3.56. The van der Waals surface area contributed by atoms with Crippen molar-refractivity contribution in [1.29, 1.82) is 0 Å². The third-order valence-electron chi connectivity index (χ3n) is 4.58. The molecule has 2 unspecified atom stereocenters. The Hall–Kier alpha value is -1.75. The van der Waals surface area contributed by atoms with E-state index in [0.29, 0.717) is 0 Å². The summed E-state index contributed by atoms with van der Waals surface area (Å²) >= 11 is 0. The number of methoxy groups -OCH3 is 1. The number of oxime groups is 1. The quantitative estimate of drug-likeness (QED) is 0.380. The molecule has 0 aromatic heterocycles. The van der Waals surface area contributed by atoms with Crippen LogP contribution >= 0.6 is 0 Å². The van der Waals surface area contributed by atoms with E-state index in [4.69, 9.17) is 15.7 Å². The number of piperidine rings is 1. The van der Waals surface area contributed by atoms with Crippen molar-refractivity contribution < 1.29 is 9.94 Å². The molecule has 2 fully saturated rings. The normalized spacial score (nSPS) is 26.1. The minimum atomic E-state index is 0.136. The van der Waals surface area contributed by atoms with Gasteiger partial charge in [-0.15, -0.1) is 0 Å². The molecule has 1 aromatic rings. The second-order valence-corrected chi connectivity index (χ2v) is 5.77. The van der Waals surface area contributed by atoms with Gasteiger partial charge < -0.3 is 15.7 Å². The van der Waals surface area contributed by atoms with E-state index < -0.39 is 0 Å². The number of likely N-dealkylation sites (tertiary alicyclic amines) is 1. The molecule has 2 aliphatic rings. The molecule has 0 amide bonds. The van der Waals surface area contributed by atoms with Crippen LogP contribution in [0.15, 0.2) is 23.4 Å². The van der Waals surface area contributed by atoms with Crippen LogP contribution in [0.1, 0.15) is 30.4 Å². The second kappa shape index (κ2) is 5.32. The van der Waals surface area contributed by atoms with Crippen LogP contribution in [0.5, 0.6) is 5.75 Å². The van der Waals surface area contributed by atoms with Gasteiger partial charge in [0.1, 0.15) is 5.75 Å². The van der Waals surface area contributed by atoms with Crippen LogP contribution < -0.4 is 10.5 Å². The summed E-state index contributed by atoms with van der Waals surface area (Å²) in [6, 6.07) is 6.38. The molecule has 20 heavy (non-hydrogen) atoms. The summed E-state index contributed by atoms with van der Waals surface area (Å²) < 4.78 is 5.43. The second-order valence-electron chi connectivity index (χ2n) is 5.77. The number of ether oxygens (including phenoxy) is 1. The van der Waals surface area contributed by atoms with E-state index >= 15 is 0 Å². The minimum absolute atomic E-state index is 0.136. The summed E-state index contributed by atoms with van der Waals surface area (Å²) in [5, 5.41) is 11.9. The van der Waals surface area contributed by atoms with E-state index in [2.05, 4.69) is 10.1 Å². The molecule has 1 saturated heterocycles. The number of hydrogen-bond donors (Lipinski definition) is 2. The van der Waals surface area contributed by atoms with Crippen molar-refractivity contribution in [3.8, 4) is 5.75 Å². The zero-order chi connectivity index (χ0) is 14.1. The monoisotopic (exact) mass is 275 g/mol. The molecule has 108 valence electrons. The number of benzene rings is 1. The fraction of sp³-hybridized carbons (Fsp3) is 0.533. The summed E-state index contributed by atoms with van der Waals surface area (Å²) in [7, 11) is 1.68. The molecule has 2 bridgehead atoms. The molecule has 1 aliphatic heterocycles. The lowest BCUT2D eigenvalue weighted by Gasteiger charge is -2.27. The molecule has 1 aliphatic carbocycles. The highest BCUT2D eigenvalue weighted by Crippen LogP contribution is 2.38. The van der Waals surface area contributed by atoms with Gasteiger partial charge in [0.05, 0.1) is 7.11 Å². The summed E-state index contributed by atoms with van der Waals surface area (Å²) in [5.41, 5.74) is 7.50. The maximum atomic E-state index is 8.80. The molecular formula is C15H21N3O2. The standard InChI is InChI=1S/C15H21N3O2/c1-20-14-5-3-11(15(16)17-19)7-12(14)9-18-8-10-2-4-13(18)6-10/h3,5,7,10,13,19H,2,4,6,8-9H2,1H3,(H2,16,17). The van der Waals surface area contributed by atoms with Gasteiger partial charge >= 0.3 is 0 Å². The number of rotatable bonds is 4. The van der Waals surface area contributed by atoms with Crippen LogP contribution in [0.4, 0.5) is 0 Å². The zero-order valence-electron chi connectivity index (χ0n) is 11.7. The average molecular weight is 275 g/mol. The van der Waals surface area contributed by atoms with Crippen LogP contribution in [0.2, 0.25) is 0 Å². The lowest BCUT2D eigenvalue weighted by Crippen LogP contribution is -2.31. The lowest BCUT2D eigenvalue weighted by atomic mass is 10.1. The Morgan fingerprint density at radius 1 is 1.50 bits per heavy atom. The maximum absolute atomic E-state index is 8.80. The Morgan fingerprint density at radius 3 is 2.95 bits per heavy atom. The molecule has 5 heteroatoms. The maximum Gasteiger partial charge on any atom is 0.170 e. The topological polar surface area (TPSA) is 71.1 Å². The molecule has 1 saturated carbocycles. The third-order valence-corrected chi connectivity index (χ3v) is 4.58. The van der Waals surface area contributed by atoms with E-state index in [0.717, 1.165) is 35.4 Å². The van der Waals surface area contributed by atoms with Crippen molar-refractivity contribution in [2.45, 2.75) is 31.8 Å². The van der Waals surface area contributed by atoms with Crippen molar-refractivity contribution in [2.24, 2.45) is 16.8 Å². The third kappa shape index (κ3) is 2.33. The van der Waals surface area contributed by atoms with Crippen molar-refractivity contribution in [2.75, 3.05) is 13.7 Å². The van der Waals surface area contributed by atoms with Crippen molar-refractivity contribution >= 4 is 5.84 Å². The van der Waals surface area contributed by atoms with Gasteiger partial charge in [-0.25, -0.2) is 0 Å². The Labute approximate surface area is 119 Å². The highest BCUT2D eigenvalue weighted by molar-refractivity contribution is 5.97. The molecule has 2 atom stereocenters. The minimum Gasteiger partial charge on any atom is -0.496 e. The number of amidine groups is 1. The highest BCUT2D eigenvalue weighted by atomic mass is 16.5. The van der Waals surface area contributed by atoms with Crippen LogP contribution in [0, 0.1) is 5.92 Å². The predicted octanol–water partition coefficient (Wildman–Crippen LogP) is 1.77. The van der Waals surface area contributed by atoms with E-state index in [-0.39, 0.29) is 5.84 Å². The summed E-state index contributed by atoms with van der Waals surface area (Å²) in [6.45, 7) is 2.05. The highest BCUT2D eigenvalue weighted by Gasteiger charge is 2.37. The predicted molar refractivity (Wildman–Crippen MR) is 77.0 cm³/mol. The summed E-state index contributed by atoms with van der Waals surface area (Å²) in [5.74, 6) is 1.87. The molecule has 0 spiro atoms. The van der Waals surface area contributed by atoms with E-state index in [1.807, 2.05) is 18.2 Å². The average Bonchev–Trinajstić information content (AvgIpc) is 3.09. The first kappa shape index (κ1) is 13.2. The van der Waals surface area contributed by atoms with Gasteiger partial charge in [-0.2, -0.15) is 0 Å². The van der Waals surface area contributed by atoms with Gasteiger partial charge in [-0.3, -0.25) is 4.90 Å². The van der Waals surface area contributed by atoms with Gasteiger partial charge in [0.25, 0.3) is 0 Å². The molecular weight excluding hydrogens is 254 g/mol. The van der Waals surface area contributed by atoms with Crippen LogP contribution in [0.3, 0.4) is 0 Å². The van der Waals surface area contributed by atoms with Gasteiger partial charge in [-0.1, -0.05) is 5.16 Å². The Balaban J connectivity index is 1.83. The first-order valence-corrected chi connectivity index (χ1v) is 7.10. The van der Waals surface area contributed by atoms with Crippen molar-refractivity contribution in [1.82, 2.24) is 4.90 Å². The van der Waals surface area contributed by atoms with Crippen LogP contribution in [0.25, 0.3) is 0 Å². The Morgan fingerprint density at radius 2 is 2.35 bits per heavy atom. The zero-order valence-corrected chi connectivity index (χ0v) is 11.7. The number of nitrogens with zero attached hydrogens (tertiary/aromatic N) is 2. The molecule has 0 radical (unpaired) electrons. The molecule has 3 rings (SSSR count). The van der Waals surface area contributed by atoms with Crippen molar-refractivity contribution in [3.05, 3.63) is 29.3 Å². The van der Waals surface area contributed by atoms with Gasteiger partial charge in [0, 0.05) is 30.3 Å². The number of fused-ring (bicyclic) bond motifs is 2. The molecule has 1 heterocycles. The molecule has 5 nitrogen and oxygen atoms in total. The Bertz CT molecular complexity index is 530. The summed E-state index contributed by atoms with van der Waals surface area (Å²) in [6.07, 6.45) is 4.03. The lowest BCUT2D eigenvalue weighted by molar-refractivity contribution is 0.203. The van der Waals surface area contributed by atoms with Gasteiger partial charge in [0.15, 0.2) is 5.84 Å². The smallest absolute Gasteiger partial charge is 0.170 e. The van der Waals surface area contributed by atoms with Crippen LogP contribution in [-0.4, -0.2) is 35.6 Å². The van der Waals surface area contributed by atoms with E-state index in [1.165, 1.54) is 25.8 Å². The van der Waals surface area contributed by atoms with Crippen molar-refractivity contribution in [3.63, 3.8) is 0 Å². The van der Waals surface area contributed by atoms with Crippen LogP contribution in [-0.2, 0) is 6.54 Å². The SMILES string of the molecule is COc1ccc(/C(N)=N/O)cc1CN1CC2CCC1C2. The number of hydrogen-bond acceptors (Lipinski definition) is 4. The molecule has 3 N–H and O–H groups in total. The van der Waals surface area contributed by atoms with E-state index in [1.54, 1.807) is 7.11 Å². The van der Waals surface area contributed by atoms with Gasteiger partial charge in [-0.05, 0) is 43.4 Å². The summed E-state index contributed by atoms with van der Waals surface area (Å²) in [4.78, 5) is 2.53. The fourth-order valence-corrected chi connectivity index (χ4v) is 3.56.